The van der Waals surface area contributed by atoms with Crippen molar-refractivity contribution in [2.45, 2.75) is 58.6 Å². The van der Waals surface area contributed by atoms with E-state index in [1.807, 2.05) is 20.8 Å². The molecule has 1 aromatic carbocycles. The average molecular weight is 422 g/mol. The van der Waals surface area contributed by atoms with Gasteiger partial charge in [-0.15, -0.1) is 0 Å². The van der Waals surface area contributed by atoms with Crippen LogP contribution in [0.1, 0.15) is 63.7 Å². The number of carbonyl (C=O) groups is 2. The summed E-state index contributed by atoms with van der Waals surface area (Å²) in [4.78, 5) is 28.6. The number of aromatic nitrogens is 2. The summed E-state index contributed by atoms with van der Waals surface area (Å²) >= 11 is 0. The zero-order valence-electron chi connectivity index (χ0n) is 17.2. The Balaban J connectivity index is 2.13. The second kappa shape index (κ2) is 7.78. The molecule has 1 amide bonds. The van der Waals surface area contributed by atoms with E-state index in [0.29, 0.717) is 12.8 Å². The van der Waals surface area contributed by atoms with Crippen LogP contribution in [-0.2, 0) is 19.6 Å². The van der Waals surface area contributed by atoms with Gasteiger partial charge in [0.2, 0.25) is 21.9 Å². The molecule has 0 bridgehead atoms. The molecule has 0 saturated heterocycles. The van der Waals surface area contributed by atoms with E-state index in [0.717, 1.165) is 16.8 Å². The molecule has 158 valence electrons. The first kappa shape index (κ1) is 21.3. The Morgan fingerprint density at radius 1 is 1.24 bits per heavy atom. The number of benzene rings is 1. The summed E-state index contributed by atoms with van der Waals surface area (Å²) in [5.74, 6) is -1.13. The number of fused-ring (bicyclic) bond motifs is 1. The molecule has 2 aromatic rings. The van der Waals surface area contributed by atoms with Gasteiger partial charge in [0, 0.05) is 6.92 Å². The number of nitrogens with zero attached hydrogens (tertiary/aromatic N) is 2. The number of rotatable bonds is 5. The summed E-state index contributed by atoms with van der Waals surface area (Å²) < 4.78 is 33.1. The van der Waals surface area contributed by atoms with E-state index in [9.17, 15) is 18.0 Å². The average Bonchev–Trinajstić information content (AvgIpc) is 3.26. The first-order valence-corrected chi connectivity index (χ1v) is 11.2. The van der Waals surface area contributed by atoms with Crippen LogP contribution >= 0.6 is 0 Å². The molecule has 3 rings (SSSR count). The van der Waals surface area contributed by atoms with Gasteiger partial charge >= 0.3 is 5.97 Å². The number of carbonyl (C=O) groups excluding carboxylic acids is 2. The summed E-state index contributed by atoms with van der Waals surface area (Å²) in [6, 6.07) is 4.72. The van der Waals surface area contributed by atoms with E-state index >= 15 is 0 Å². The Bertz CT molecular complexity index is 1040. The fourth-order valence-electron chi connectivity index (χ4n) is 3.43. The zero-order chi connectivity index (χ0) is 21.4. The first-order valence-electron chi connectivity index (χ1n) is 9.71. The number of ether oxygens (including phenoxy) is 1. The maximum Gasteiger partial charge on any atom is 0.340 e. The topological polar surface area (TPSA) is 107 Å². The summed E-state index contributed by atoms with van der Waals surface area (Å²) in [5, 5.41) is 1.96. The molecule has 0 unspecified atom stereocenters. The van der Waals surface area contributed by atoms with Gasteiger partial charge in [-0.25, -0.2) is 22.2 Å². The van der Waals surface area contributed by atoms with Gasteiger partial charge in [0.1, 0.15) is 5.52 Å². The van der Waals surface area contributed by atoms with Crippen LogP contribution in [0.5, 0.6) is 0 Å². The van der Waals surface area contributed by atoms with Crippen molar-refractivity contribution >= 4 is 38.9 Å². The van der Waals surface area contributed by atoms with E-state index < -0.39 is 27.1 Å². The Kier molecular flexibility index (Phi) is 5.71. The number of imidazole rings is 1. The van der Waals surface area contributed by atoms with Gasteiger partial charge in [-0.05, 0) is 30.4 Å². The molecule has 0 aliphatic heterocycles. The number of hydrogen-bond acceptors (Lipinski definition) is 6. The number of nitrogens with one attached hydrogen (secondary N) is 1. The fraction of sp³-hybridized carbons (Fsp3) is 0.550. The normalized spacial score (nSPS) is 15.6. The molecule has 1 N–H and O–H groups in total. The van der Waals surface area contributed by atoms with Crippen molar-refractivity contribution in [1.29, 1.82) is 0 Å². The van der Waals surface area contributed by atoms with Gasteiger partial charge in [0.25, 0.3) is 0 Å². The monoisotopic (exact) mass is 421 g/mol. The van der Waals surface area contributed by atoms with Crippen molar-refractivity contribution in [3.8, 4) is 0 Å². The van der Waals surface area contributed by atoms with Crippen LogP contribution in [0.3, 0.4) is 0 Å². The molecule has 8 nitrogen and oxygen atoms in total. The lowest BCUT2D eigenvalue weighted by Crippen LogP contribution is -2.27. The third kappa shape index (κ3) is 4.44. The minimum Gasteiger partial charge on any atom is -0.461 e. The molecule has 1 fully saturated rings. The largest absolute Gasteiger partial charge is 0.461 e. The maximum absolute atomic E-state index is 13.3. The molecule has 0 radical (unpaired) electrons. The highest BCUT2D eigenvalue weighted by atomic mass is 32.2. The van der Waals surface area contributed by atoms with Crippen LogP contribution in [0.25, 0.3) is 11.0 Å². The number of para-hydroxylation sites is 1. The number of hydrogen-bond donors (Lipinski definition) is 1. The first-order chi connectivity index (χ1) is 13.5. The maximum atomic E-state index is 13.3. The van der Waals surface area contributed by atoms with Crippen molar-refractivity contribution in [1.82, 2.24) is 8.96 Å². The number of amides is 1. The molecular weight excluding hydrogens is 394 g/mol. The van der Waals surface area contributed by atoms with Crippen molar-refractivity contribution < 1.29 is 22.7 Å². The standard InChI is InChI=1S/C20H27N3O5S/c1-13(24)21-19-22-17-15(18(25)28-12-20(2,3)4)10-7-11-16(17)23(19)29(26,27)14-8-5-6-9-14/h7,10-11,14H,5-6,8-9,12H2,1-4H3,(H,21,22,24). The quantitative estimate of drug-likeness (QED) is 0.742. The summed E-state index contributed by atoms with van der Waals surface area (Å²) in [7, 11) is -3.79. The van der Waals surface area contributed by atoms with Crippen LogP contribution in [-0.4, -0.2) is 41.1 Å². The SMILES string of the molecule is CC(=O)Nc1nc2c(C(=O)OCC(C)(C)C)cccc2n1S(=O)(=O)C1CCCC1. The number of anilines is 1. The summed E-state index contributed by atoms with van der Waals surface area (Å²) in [6.45, 7) is 7.32. The molecule has 1 aliphatic rings. The third-order valence-corrected chi connectivity index (χ3v) is 6.96. The fourth-order valence-corrected chi connectivity index (χ4v) is 5.41. The molecule has 1 aliphatic carbocycles. The van der Waals surface area contributed by atoms with Crippen molar-refractivity contribution in [2.75, 3.05) is 11.9 Å². The Labute approximate surface area is 170 Å². The van der Waals surface area contributed by atoms with Gasteiger partial charge in [0.15, 0.2) is 0 Å². The molecule has 1 heterocycles. The van der Waals surface area contributed by atoms with E-state index in [2.05, 4.69) is 10.3 Å². The van der Waals surface area contributed by atoms with Crippen molar-refractivity contribution in [3.05, 3.63) is 23.8 Å². The Morgan fingerprint density at radius 3 is 2.48 bits per heavy atom. The zero-order valence-corrected chi connectivity index (χ0v) is 18.0. The highest BCUT2D eigenvalue weighted by molar-refractivity contribution is 7.90. The van der Waals surface area contributed by atoms with Crippen LogP contribution in [0.4, 0.5) is 5.95 Å². The molecular formula is C20H27N3O5S. The molecule has 0 spiro atoms. The Morgan fingerprint density at radius 2 is 1.90 bits per heavy atom. The second-order valence-electron chi connectivity index (χ2n) is 8.64. The summed E-state index contributed by atoms with van der Waals surface area (Å²) in [6.07, 6.45) is 2.82. The van der Waals surface area contributed by atoms with Crippen molar-refractivity contribution in [3.63, 3.8) is 0 Å². The third-order valence-electron chi connectivity index (χ3n) is 4.77. The van der Waals surface area contributed by atoms with Gasteiger partial charge < -0.3 is 4.74 Å². The van der Waals surface area contributed by atoms with E-state index in [1.165, 1.54) is 6.92 Å². The molecule has 9 heteroatoms. The van der Waals surface area contributed by atoms with E-state index in [4.69, 9.17) is 4.74 Å². The van der Waals surface area contributed by atoms with Gasteiger partial charge in [0.05, 0.1) is 22.9 Å². The van der Waals surface area contributed by atoms with Crippen LogP contribution in [0, 0.1) is 5.41 Å². The molecule has 1 saturated carbocycles. The minimum atomic E-state index is -3.79. The second-order valence-corrected chi connectivity index (χ2v) is 10.7. The van der Waals surface area contributed by atoms with E-state index in [-0.39, 0.29) is 34.6 Å². The van der Waals surface area contributed by atoms with E-state index in [1.54, 1.807) is 18.2 Å². The predicted octanol–water partition coefficient (Wildman–Crippen LogP) is 3.32. The van der Waals surface area contributed by atoms with Crippen LogP contribution in [0.15, 0.2) is 18.2 Å². The van der Waals surface area contributed by atoms with Gasteiger partial charge in [-0.3, -0.25) is 10.1 Å². The van der Waals surface area contributed by atoms with Crippen LogP contribution in [0.2, 0.25) is 0 Å². The lowest BCUT2D eigenvalue weighted by molar-refractivity contribution is -0.114. The Hall–Kier alpha value is -2.42. The van der Waals surface area contributed by atoms with Gasteiger partial charge in [-0.2, -0.15) is 0 Å². The smallest absolute Gasteiger partial charge is 0.340 e. The lowest BCUT2D eigenvalue weighted by Gasteiger charge is -2.18. The molecule has 1 aromatic heterocycles. The minimum absolute atomic E-state index is 0.101. The van der Waals surface area contributed by atoms with Crippen molar-refractivity contribution in [2.24, 2.45) is 5.41 Å². The van der Waals surface area contributed by atoms with Crippen LogP contribution < -0.4 is 5.32 Å². The predicted molar refractivity (Wildman–Crippen MR) is 110 cm³/mol. The van der Waals surface area contributed by atoms with Gasteiger partial charge in [-0.1, -0.05) is 39.7 Å². The molecule has 0 atom stereocenters. The highest BCUT2D eigenvalue weighted by Gasteiger charge is 2.34. The molecule has 29 heavy (non-hydrogen) atoms. The summed E-state index contributed by atoms with van der Waals surface area (Å²) in [5.41, 5.74) is 0.400. The highest BCUT2D eigenvalue weighted by Crippen LogP contribution is 2.32. The number of esters is 1. The lowest BCUT2D eigenvalue weighted by atomic mass is 9.99.